The Bertz CT molecular complexity index is 694. The molecule has 2 aliphatic heterocycles. The van der Waals surface area contributed by atoms with Crippen LogP contribution in [0.15, 0.2) is 27.7 Å². The standard InChI is InChI=1S/C16H18BrFN2O3S/c1-15(11-8-10(17)2-3-12(11)18)9-16(4-6-23-7-5-16)24-13(20-15)19-14(21)22/h2-3,8H,4-7,9H2,1H3,(H,19,20)(H,21,22). The predicted octanol–water partition coefficient (Wildman–Crippen LogP) is 4.11. The van der Waals surface area contributed by atoms with E-state index in [4.69, 9.17) is 9.84 Å². The lowest BCUT2D eigenvalue weighted by atomic mass is 9.79. The van der Waals surface area contributed by atoms with Crippen molar-refractivity contribution in [1.82, 2.24) is 5.32 Å². The van der Waals surface area contributed by atoms with Crippen LogP contribution in [0.4, 0.5) is 9.18 Å². The van der Waals surface area contributed by atoms with Crippen LogP contribution in [0.25, 0.3) is 0 Å². The molecule has 0 bridgehead atoms. The van der Waals surface area contributed by atoms with E-state index in [0.717, 1.165) is 17.3 Å². The summed E-state index contributed by atoms with van der Waals surface area (Å²) < 4.78 is 20.5. The van der Waals surface area contributed by atoms with Crippen molar-refractivity contribution in [2.45, 2.75) is 36.5 Å². The van der Waals surface area contributed by atoms with Crippen molar-refractivity contribution in [3.63, 3.8) is 0 Å². The van der Waals surface area contributed by atoms with Crippen LogP contribution in [0.3, 0.4) is 0 Å². The number of amides is 1. The number of carbonyl (C=O) groups is 1. The summed E-state index contributed by atoms with van der Waals surface area (Å²) >= 11 is 4.81. The number of rotatable bonds is 1. The van der Waals surface area contributed by atoms with E-state index >= 15 is 0 Å². The smallest absolute Gasteiger partial charge is 0.410 e. The molecule has 1 aromatic carbocycles. The summed E-state index contributed by atoms with van der Waals surface area (Å²) in [4.78, 5) is 15.7. The molecule has 0 radical (unpaired) electrons. The Hall–Kier alpha value is -1.12. The highest BCUT2D eigenvalue weighted by atomic mass is 79.9. The van der Waals surface area contributed by atoms with Crippen molar-refractivity contribution < 1.29 is 19.0 Å². The maximum Gasteiger partial charge on any atom is 0.410 e. The van der Waals surface area contributed by atoms with Gasteiger partial charge in [-0.1, -0.05) is 27.7 Å². The van der Waals surface area contributed by atoms with Gasteiger partial charge in [0, 0.05) is 28.0 Å². The minimum Gasteiger partial charge on any atom is -0.465 e. The molecule has 3 rings (SSSR count). The van der Waals surface area contributed by atoms with E-state index in [1.807, 2.05) is 6.92 Å². The number of nitrogens with zero attached hydrogens (tertiary/aromatic N) is 1. The van der Waals surface area contributed by atoms with Gasteiger partial charge in [0.05, 0.1) is 5.54 Å². The van der Waals surface area contributed by atoms with Crippen molar-refractivity contribution in [2.75, 3.05) is 13.2 Å². The molecule has 1 amide bonds. The third kappa shape index (κ3) is 3.60. The topological polar surface area (TPSA) is 70.9 Å². The van der Waals surface area contributed by atoms with Crippen LogP contribution in [0, 0.1) is 5.82 Å². The lowest BCUT2D eigenvalue weighted by Gasteiger charge is -2.45. The van der Waals surface area contributed by atoms with Gasteiger partial charge in [-0.3, -0.25) is 10.3 Å². The number of benzene rings is 1. The first kappa shape index (κ1) is 17.7. The van der Waals surface area contributed by atoms with Gasteiger partial charge in [-0.05, 0) is 44.4 Å². The van der Waals surface area contributed by atoms with E-state index in [2.05, 4.69) is 26.2 Å². The molecule has 5 nitrogen and oxygen atoms in total. The third-order valence-corrected chi connectivity index (χ3v) is 6.32. The number of thioether (sulfide) groups is 1. The molecule has 1 aromatic rings. The van der Waals surface area contributed by atoms with Gasteiger partial charge in [-0.15, -0.1) is 0 Å². The molecule has 0 saturated carbocycles. The molecular formula is C16H18BrFN2O3S. The second-order valence-corrected chi connectivity index (χ2v) is 8.69. The van der Waals surface area contributed by atoms with Gasteiger partial charge in [0.25, 0.3) is 0 Å². The number of ether oxygens (including phenoxy) is 1. The molecule has 1 spiro atoms. The zero-order valence-corrected chi connectivity index (χ0v) is 15.5. The van der Waals surface area contributed by atoms with Gasteiger partial charge in [-0.25, -0.2) is 9.18 Å². The molecule has 1 fully saturated rings. The summed E-state index contributed by atoms with van der Waals surface area (Å²) in [5.41, 5.74) is -0.374. The molecule has 8 heteroatoms. The van der Waals surface area contributed by atoms with Crippen LogP contribution in [-0.2, 0) is 10.3 Å². The average Bonchev–Trinajstić information content (AvgIpc) is 2.49. The minimum absolute atomic E-state index is 0.207. The quantitative estimate of drug-likeness (QED) is 0.722. The van der Waals surface area contributed by atoms with Crippen LogP contribution in [0.1, 0.15) is 31.7 Å². The van der Waals surface area contributed by atoms with Crippen LogP contribution >= 0.6 is 27.7 Å². The summed E-state index contributed by atoms with van der Waals surface area (Å²) in [5.74, 6) is -0.340. The number of aliphatic imine (C=N–C) groups is 1. The fourth-order valence-corrected chi connectivity index (χ4v) is 5.27. The predicted molar refractivity (Wildman–Crippen MR) is 95.0 cm³/mol. The average molecular weight is 417 g/mol. The fraction of sp³-hybridized carbons (Fsp3) is 0.500. The molecule has 130 valence electrons. The Morgan fingerprint density at radius 3 is 2.83 bits per heavy atom. The summed E-state index contributed by atoms with van der Waals surface area (Å²) in [7, 11) is 0. The van der Waals surface area contributed by atoms with E-state index in [9.17, 15) is 9.18 Å². The van der Waals surface area contributed by atoms with Crippen LogP contribution < -0.4 is 5.32 Å². The summed E-state index contributed by atoms with van der Waals surface area (Å²) in [6, 6.07) is 4.77. The molecule has 1 atom stereocenters. The molecule has 0 aliphatic carbocycles. The Kier molecular flexibility index (Phi) is 4.90. The van der Waals surface area contributed by atoms with Crippen molar-refractivity contribution >= 4 is 39.0 Å². The zero-order chi connectivity index (χ0) is 17.4. The SMILES string of the molecule is CC1(c2cc(Br)ccc2F)CC2(CCOCC2)SC(NC(=O)O)=N1. The highest BCUT2D eigenvalue weighted by Gasteiger charge is 2.47. The molecule has 2 aliphatic rings. The molecule has 2 N–H and O–H groups in total. The zero-order valence-electron chi connectivity index (χ0n) is 13.1. The Balaban J connectivity index is 2.05. The minimum atomic E-state index is -1.16. The highest BCUT2D eigenvalue weighted by Crippen LogP contribution is 2.50. The summed E-state index contributed by atoms with van der Waals surface area (Å²) in [5, 5.41) is 11.8. The lowest BCUT2D eigenvalue weighted by Crippen LogP contribution is -2.47. The van der Waals surface area contributed by atoms with E-state index in [-0.39, 0.29) is 10.6 Å². The number of hydrogen-bond donors (Lipinski definition) is 2. The Labute approximate surface area is 152 Å². The van der Waals surface area contributed by atoms with Gasteiger partial charge in [0.1, 0.15) is 5.82 Å². The maximum absolute atomic E-state index is 14.5. The van der Waals surface area contributed by atoms with Gasteiger partial charge >= 0.3 is 6.09 Å². The first-order valence-electron chi connectivity index (χ1n) is 7.64. The number of carboxylic acid groups (broad SMARTS) is 1. The molecular weight excluding hydrogens is 399 g/mol. The van der Waals surface area contributed by atoms with E-state index in [0.29, 0.717) is 30.4 Å². The maximum atomic E-state index is 14.5. The monoisotopic (exact) mass is 416 g/mol. The molecule has 24 heavy (non-hydrogen) atoms. The molecule has 1 saturated heterocycles. The fourth-order valence-electron chi connectivity index (χ4n) is 3.39. The van der Waals surface area contributed by atoms with E-state index in [1.54, 1.807) is 12.1 Å². The largest absolute Gasteiger partial charge is 0.465 e. The third-order valence-electron chi connectivity index (χ3n) is 4.45. The van der Waals surface area contributed by atoms with E-state index < -0.39 is 11.6 Å². The molecule has 1 unspecified atom stereocenters. The summed E-state index contributed by atoms with van der Waals surface area (Å²) in [6.45, 7) is 3.09. The Morgan fingerprint density at radius 2 is 2.17 bits per heavy atom. The number of halogens is 2. The van der Waals surface area contributed by atoms with Crippen LogP contribution in [0.5, 0.6) is 0 Å². The van der Waals surface area contributed by atoms with E-state index in [1.165, 1.54) is 17.8 Å². The number of amidine groups is 1. The second-order valence-electron chi connectivity index (χ2n) is 6.32. The van der Waals surface area contributed by atoms with Crippen molar-refractivity contribution in [2.24, 2.45) is 4.99 Å². The van der Waals surface area contributed by atoms with Crippen molar-refractivity contribution in [3.05, 3.63) is 34.1 Å². The van der Waals surface area contributed by atoms with Crippen LogP contribution in [-0.4, -0.2) is 34.3 Å². The Morgan fingerprint density at radius 1 is 1.46 bits per heavy atom. The first-order chi connectivity index (χ1) is 11.3. The van der Waals surface area contributed by atoms with Gasteiger partial charge < -0.3 is 9.84 Å². The van der Waals surface area contributed by atoms with Gasteiger partial charge in [-0.2, -0.15) is 0 Å². The van der Waals surface area contributed by atoms with Crippen LogP contribution in [0.2, 0.25) is 0 Å². The first-order valence-corrected chi connectivity index (χ1v) is 9.25. The summed E-state index contributed by atoms with van der Waals surface area (Å²) in [6.07, 6.45) is 1.03. The molecule has 2 heterocycles. The lowest BCUT2D eigenvalue weighted by molar-refractivity contribution is 0.0690. The number of hydrogen-bond acceptors (Lipinski definition) is 4. The highest BCUT2D eigenvalue weighted by molar-refractivity contribution is 9.10. The van der Waals surface area contributed by atoms with Gasteiger partial charge in [0.2, 0.25) is 0 Å². The normalized spacial score (nSPS) is 26.0. The second kappa shape index (κ2) is 6.65. The van der Waals surface area contributed by atoms with Gasteiger partial charge in [0.15, 0.2) is 5.17 Å². The van der Waals surface area contributed by atoms with Crippen molar-refractivity contribution in [3.8, 4) is 0 Å². The van der Waals surface area contributed by atoms with Crippen molar-refractivity contribution in [1.29, 1.82) is 0 Å². The molecule has 0 aromatic heterocycles. The number of nitrogens with one attached hydrogen (secondary N) is 1.